The van der Waals surface area contributed by atoms with Crippen molar-refractivity contribution in [2.75, 3.05) is 13.2 Å². The van der Waals surface area contributed by atoms with Crippen LogP contribution < -0.4 is 9.47 Å². The molecule has 0 aliphatic heterocycles. The Morgan fingerprint density at radius 1 is 0.500 bits per heavy atom. The number of halogens is 8. The van der Waals surface area contributed by atoms with Gasteiger partial charge >= 0.3 is 0 Å². The molecule has 0 aliphatic carbocycles. The van der Waals surface area contributed by atoms with Crippen LogP contribution in [0.2, 0.25) is 0 Å². The van der Waals surface area contributed by atoms with E-state index in [1.54, 1.807) is 0 Å². The van der Waals surface area contributed by atoms with Gasteiger partial charge in [-0.3, -0.25) is 0 Å². The zero-order chi connectivity index (χ0) is 18.0. The molecule has 0 heterocycles. The lowest BCUT2D eigenvalue weighted by molar-refractivity contribution is 0.215. The molecule has 0 unspecified atom stereocenters. The summed E-state index contributed by atoms with van der Waals surface area (Å²) in [4.78, 5) is 0. The summed E-state index contributed by atoms with van der Waals surface area (Å²) in [7, 11) is 0. The van der Waals surface area contributed by atoms with Gasteiger partial charge in [-0.15, -0.1) is 0 Å². The Morgan fingerprint density at radius 2 is 0.833 bits per heavy atom. The first-order chi connectivity index (χ1) is 11.2. The van der Waals surface area contributed by atoms with E-state index in [0.717, 1.165) is 47.3 Å². The van der Waals surface area contributed by atoms with Gasteiger partial charge in [0.1, 0.15) is 24.7 Å². The molecule has 0 fully saturated rings. The zero-order valence-electron chi connectivity index (χ0n) is 11.4. The largest absolute Gasteiger partial charge is 0.489 e. The van der Waals surface area contributed by atoms with Gasteiger partial charge < -0.3 is 9.47 Å². The Bertz CT molecular complexity index is 713. The van der Waals surface area contributed by atoms with Crippen LogP contribution in [0.1, 0.15) is 0 Å². The highest BCUT2D eigenvalue weighted by atomic mass is 79.9. The van der Waals surface area contributed by atoms with Crippen molar-refractivity contribution in [3.05, 3.63) is 47.9 Å². The van der Waals surface area contributed by atoms with Crippen LogP contribution in [0.15, 0.2) is 47.9 Å². The number of rotatable bonds is 5. The molecule has 0 saturated carbocycles. The molecule has 0 bridgehead atoms. The Morgan fingerprint density at radius 3 is 1.17 bits per heavy atom. The van der Waals surface area contributed by atoms with Crippen LogP contribution >= 0.6 is 127 Å². The van der Waals surface area contributed by atoms with Gasteiger partial charge in [0.2, 0.25) is 0 Å². The number of hydrogen-bond acceptors (Lipinski definition) is 2. The van der Waals surface area contributed by atoms with Crippen molar-refractivity contribution in [3.63, 3.8) is 0 Å². The zero-order valence-corrected chi connectivity index (χ0v) is 24.1. The van der Waals surface area contributed by atoms with E-state index in [2.05, 4.69) is 127 Å². The highest BCUT2D eigenvalue weighted by Crippen LogP contribution is 2.43. The van der Waals surface area contributed by atoms with E-state index in [0.29, 0.717) is 13.2 Å². The molecule has 130 valence electrons. The number of hydrogen-bond donors (Lipinski definition) is 0. The fourth-order valence-electron chi connectivity index (χ4n) is 1.62. The molecule has 0 aliphatic rings. The predicted octanol–water partition coefficient (Wildman–Crippen LogP) is 9.24. The van der Waals surface area contributed by atoms with Gasteiger partial charge in [0, 0.05) is 17.9 Å². The van der Waals surface area contributed by atoms with Crippen LogP contribution in [0.25, 0.3) is 0 Å². The minimum absolute atomic E-state index is 0.400. The lowest BCUT2D eigenvalue weighted by Gasteiger charge is -2.14. The van der Waals surface area contributed by atoms with Gasteiger partial charge in [-0.25, -0.2) is 0 Å². The summed E-state index contributed by atoms with van der Waals surface area (Å²) in [5.74, 6) is 1.44. The molecular weight excluding hydrogens is 839 g/mol. The molecule has 0 N–H and O–H groups in total. The van der Waals surface area contributed by atoms with E-state index in [9.17, 15) is 0 Å². The number of benzene rings is 2. The summed E-state index contributed by atoms with van der Waals surface area (Å²) in [5.41, 5.74) is 0. The SMILES string of the molecule is Brc1cc(OCCOc2cc(Br)c(Br)c(Br)c2Br)c(Br)c(Br)c1Br. The van der Waals surface area contributed by atoms with E-state index in [4.69, 9.17) is 9.47 Å². The van der Waals surface area contributed by atoms with Gasteiger partial charge in [0.25, 0.3) is 0 Å². The maximum atomic E-state index is 5.80. The molecule has 0 amide bonds. The molecule has 0 spiro atoms. The minimum atomic E-state index is 0.400. The molecule has 10 heteroatoms. The van der Waals surface area contributed by atoms with E-state index < -0.39 is 0 Å². The average molecular weight is 845 g/mol. The van der Waals surface area contributed by atoms with Crippen LogP contribution in [0.3, 0.4) is 0 Å². The van der Waals surface area contributed by atoms with E-state index >= 15 is 0 Å². The van der Waals surface area contributed by atoms with E-state index in [1.807, 2.05) is 12.1 Å². The molecule has 0 radical (unpaired) electrons. The first kappa shape index (κ1) is 22.2. The summed E-state index contributed by atoms with van der Waals surface area (Å²) in [5, 5.41) is 0. The summed E-state index contributed by atoms with van der Waals surface area (Å²) in [6.45, 7) is 0.799. The lowest BCUT2D eigenvalue weighted by atomic mass is 10.3. The minimum Gasteiger partial charge on any atom is -0.489 e. The maximum absolute atomic E-state index is 5.80. The van der Waals surface area contributed by atoms with E-state index in [-0.39, 0.29) is 0 Å². The van der Waals surface area contributed by atoms with Crippen LogP contribution in [0.4, 0.5) is 0 Å². The molecule has 0 saturated heterocycles. The molecule has 2 nitrogen and oxygen atoms in total. The summed E-state index contributed by atoms with van der Waals surface area (Å²) < 4.78 is 18.7. The fraction of sp³-hybridized carbons (Fsp3) is 0.143. The molecular formula is C14H6Br8O2. The van der Waals surface area contributed by atoms with Crippen molar-refractivity contribution in [2.45, 2.75) is 0 Å². The second-order valence-corrected chi connectivity index (χ2v) is 10.8. The van der Waals surface area contributed by atoms with Gasteiger partial charge in [0.15, 0.2) is 0 Å². The molecule has 24 heavy (non-hydrogen) atoms. The second-order valence-electron chi connectivity index (χ2n) is 4.29. The third kappa shape index (κ3) is 5.23. The van der Waals surface area contributed by atoms with Crippen molar-refractivity contribution >= 4 is 127 Å². The highest BCUT2D eigenvalue weighted by Gasteiger charge is 2.14. The third-order valence-electron chi connectivity index (χ3n) is 2.74. The predicted molar refractivity (Wildman–Crippen MR) is 125 cm³/mol. The van der Waals surface area contributed by atoms with Crippen molar-refractivity contribution in [1.29, 1.82) is 0 Å². The lowest BCUT2D eigenvalue weighted by Crippen LogP contribution is -2.10. The third-order valence-corrected chi connectivity index (χ3v) is 12.0. The smallest absolute Gasteiger partial charge is 0.136 e. The second kappa shape index (κ2) is 9.89. The van der Waals surface area contributed by atoms with Crippen molar-refractivity contribution in [3.8, 4) is 11.5 Å². The van der Waals surface area contributed by atoms with Gasteiger partial charge in [-0.1, -0.05) is 0 Å². The van der Waals surface area contributed by atoms with Crippen LogP contribution in [0.5, 0.6) is 11.5 Å². The first-order valence-corrected chi connectivity index (χ1v) is 12.5. The molecule has 2 aromatic rings. The highest BCUT2D eigenvalue weighted by molar-refractivity contribution is 9.15. The fourth-order valence-corrected chi connectivity index (χ4v) is 5.79. The quantitative estimate of drug-likeness (QED) is 0.170. The van der Waals surface area contributed by atoms with E-state index in [1.165, 1.54) is 0 Å². The van der Waals surface area contributed by atoms with Crippen LogP contribution in [0, 0.1) is 0 Å². The summed E-state index contributed by atoms with van der Waals surface area (Å²) >= 11 is 28.0. The standard InChI is InChI=1S/C14H6Br8O2/c15-5-3-7(11(19)13(21)9(5)17)23-1-2-24-8-4-6(16)10(18)14(22)12(8)20/h3-4H,1-2H2. The Labute approximate surface area is 206 Å². The monoisotopic (exact) mass is 837 g/mol. The maximum Gasteiger partial charge on any atom is 0.136 e. The Kier molecular flexibility index (Phi) is 9.13. The van der Waals surface area contributed by atoms with Crippen molar-refractivity contribution in [1.82, 2.24) is 0 Å². The topological polar surface area (TPSA) is 18.5 Å². The average Bonchev–Trinajstić information content (AvgIpc) is 2.56. The summed E-state index contributed by atoms with van der Waals surface area (Å²) in [6.07, 6.45) is 0. The Hall–Kier alpha value is 1.88. The molecule has 0 aromatic heterocycles. The molecule has 2 rings (SSSR count). The van der Waals surface area contributed by atoms with Crippen LogP contribution in [-0.4, -0.2) is 13.2 Å². The molecule has 0 atom stereocenters. The van der Waals surface area contributed by atoms with Crippen molar-refractivity contribution < 1.29 is 9.47 Å². The normalized spacial score (nSPS) is 10.8. The first-order valence-electron chi connectivity index (χ1n) is 6.15. The molecule has 2 aromatic carbocycles. The Balaban J connectivity index is 2.02. The van der Waals surface area contributed by atoms with Gasteiger partial charge in [-0.05, 0) is 140 Å². The van der Waals surface area contributed by atoms with Gasteiger partial charge in [-0.2, -0.15) is 0 Å². The number of ether oxygens (including phenoxy) is 2. The summed E-state index contributed by atoms with van der Waals surface area (Å²) in [6, 6.07) is 3.78. The van der Waals surface area contributed by atoms with Crippen LogP contribution in [-0.2, 0) is 0 Å². The van der Waals surface area contributed by atoms with Crippen molar-refractivity contribution in [2.24, 2.45) is 0 Å². The van der Waals surface area contributed by atoms with Gasteiger partial charge in [0.05, 0.1) is 17.9 Å².